The quantitative estimate of drug-likeness (QED) is 0.852. The summed E-state index contributed by atoms with van der Waals surface area (Å²) in [6, 6.07) is 3.65. The number of amides is 1. The van der Waals surface area contributed by atoms with E-state index in [9.17, 15) is 4.79 Å². The Morgan fingerprint density at radius 3 is 2.75 bits per heavy atom. The lowest BCUT2D eigenvalue weighted by Crippen LogP contribution is -2.48. The van der Waals surface area contributed by atoms with Gasteiger partial charge < -0.3 is 10.2 Å². The summed E-state index contributed by atoms with van der Waals surface area (Å²) in [6.07, 6.45) is 1.17. The molecule has 1 N–H and O–H groups in total. The first-order valence-corrected chi connectivity index (χ1v) is 7.46. The fraction of sp³-hybridized carbons (Fsp3) is 0.600. The molecule has 1 amide bonds. The van der Waals surface area contributed by atoms with Gasteiger partial charge in [0.15, 0.2) is 0 Å². The van der Waals surface area contributed by atoms with E-state index in [1.807, 2.05) is 4.90 Å². The zero-order valence-corrected chi connectivity index (χ0v) is 13.2. The highest BCUT2D eigenvalue weighted by atomic mass is 35.5. The molecule has 0 spiro atoms. The third-order valence-corrected chi connectivity index (χ3v) is 4.35. The van der Waals surface area contributed by atoms with Crippen LogP contribution in [0, 0.1) is 11.8 Å². The van der Waals surface area contributed by atoms with Gasteiger partial charge in [-0.05, 0) is 37.3 Å². The fourth-order valence-corrected chi connectivity index (χ4v) is 3.11. The minimum absolute atomic E-state index is 0.0386. The smallest absolute Gasteiger partial charge is 0.254 e. The number of carbonyl (C=O) groups excluding carboxylic acids is 1. The van der Waals surface area contributed by atoms with Gasteiger partial charge in [-0.3, -0.25) is 4.79 Å². The fourth-order valence-electron chi connectivity index (χ4n) is 2.90. The molecule has 1 aliphatic rings. The van der Waals surface area contributed by atoms with Crippen molar-refractivity contribution in [2.24, 2.45) is 11.8 Å². The van der Waals surface area contributed by atoms with E-state index in [1.165, 1.54) is 6.42 Å². The van der Waals surface area contributed by atoms with E-state index in [1.54, 1.807) is 19.2 Å². The van der Waals surface area contributed by atoms with Crippen molar-refractivity contribution in [2.75, 3.05) is 18.9 Å². The molecule has 1 aromatic rings. The molecule has 1 aromatic heterocycles. The molecule has 0 bridgehead atoms. The van der Waals surface area contributed by atoms with Crippen molar-refractivity contribution in [3.63, 3.8) is 0 Å². The van der Waals surface area contributed by atoms with Crippen LogP contribution in [0.3, 0.4) is 0 Å². The molecule has 0 aliphatic carbocycles. The summed E-state index contributed by atoms with van der Waals surface area (Å²) < 4.78 is 0. The average molecular weight is 296 g/mol. The number of piperidine rings is 1. The summed E-state index contributed by atoms with van der Waals surface area (Å²) in [4.78, 5) is 18.8. The second kappa shape index (κ2) is 6.00. The monoisotopic (exact) mass is 295 g/mol. The van der Waals surface area contributed by atoms with Crippen LogP contribution in [-0.2, 0) is 0 Å². The third kappa shape index (κ3) is 3.06. The summed E-state index contributed by atoms with van der Waals surface area (Å²) in [5, 5.41) is 3.27. The Morgan fingerprint density at radius 2 is 2.10 bits per heavy atom. The Labute approximate surface area is 125 Å². The zero-order valence-electron chi connectivity index (χ0n) is 12.5. The van der Waals surface area contributed by atoms with Crippen molar-refractivity contribution >= 4 is 23.3 Å². The number of halogens is 1. The summed E-state index contributed by atoms with van der Waals surface area (Å²) in [5.41, 5.74) is 0.600. The SMILES string of the molecule is CNc1cc(C(=O)N2CC(C)CC(C)C2C)cc(Cl)n1. The predicted molar refractivity (Wildman–Crippen MR) is 82.2 cm³/mol. The maximum absolute atomic E-state index is 12.7. The number of hydrogen-bond donors (Lipinski definition) is 1. The number of nitrogens with one attached hydrogen (secondary N) is 1. The number of hydrogen-bond acceptors (Lipinski definition) is 3. The maximum Gasteiger partial charge on any atom is 0.254 e. The molecule has 1 fully saturated rings. The molecule has 0 saturated carbocycles. The summed E-state index contributed by atoms with van der Waals surface area (Å²) in [6.45, 7) is 7.33. The van der Waals surface area contributed by atoms with Crippen LogP contribution in [0.5, 0.6) is 0 Å². The molecular weight excluding hydrogens is 274 g/mol. The minimum atomic E-state index is 0.0386. The molecule has 20 heavy (non-hydrogen) atoms. The molecule has 1 aliphatic heterocycles. The van der Waals surface area contributed by atoms with Gasteiger partial charge in [0.2, 0.25) is 0 Å². The highest BCUT2D eigenvalue weighted by Crippen LogP contribution is 2.28. The predicted octanol–water partition coefficient (Wildman–Crippen LogP) is 3.28. The van der Waals surface area contributed by atoms with Crippen LogP contribution in [0.15, 0.2) is 12.1 Å². The van der Waals surface area contributed by atoms with Crippen molar-refractivity contribution in [1.29, 1.82) is 0 Å². The van der Waals surface area contributed by atoms with E-state index in [4.69, 9.17) is 11.6 Å². The number of nitrogens with zero attached hydrogens (tertiary/aromatic N) is 2. The largest absolute Gasteiger partial charge is 0.373 e. The molecule has 0 radical (unpaired) electrons. The third-order valence-electron chi connectivity index (χ3n) is 4.16. The van der Waals surface area contributed by atoms with Gasteiger partial charge in [-0.1, -0.05) is 25.4 Å². The first-order chi connectivity index (χ1) is 9.42. The standard InChI is InChI=1S/C15H22ClN3O/c1-9-5-10(2)11(3)19(8-9)15(20)12-6-13(16)18-14(7-12)17-4/h6-7,9-11H,5,8H2,1-4H3,(H,17,18). The van der Waals surface area contributed by atoms with E-state index in [0.717, 1.165) is 6.54 Å². The molecule has 5 heteroatoms. The number of carbonyl (C=O) groups is 1. The van der Waals surface area contributed by atoms with Gasteiger partial charge in [0, 0.05) is 25.2 Å². The van der Waals surface area contributed by atoms with E-state index in [2.05, 4.69) is 31.1 Å². The number of aromatic nitrogens is 1. The van der Waals surface area contributed by atoms with Crippen molar-refractivity contribution in [1.82, 2.24) is 9.88 Å². The van der Waals surface area contributed by atoms with Crippen molar-refractivity contribution in [3.05, 3.63) is 22.8 Å². The van der Waals surface area contributed by atoms with Crippen LogP contribution in [0.1, 0.15) is 37.6 Å². The Morgan fingerprint density at radius 1 is 1.40 bits per heavy atom. The molecule has 1 saturated heterocycles. The van der Waals surface area contributed by atoms with Crippen molar-refractivity contribution in [2.45, 2.75) is 33.2 Å². The number of rotatable bonds is 2. The van der Waals surface area contributed by atoms with Gasteiger partial charge in [-0.25, -0.2) is 4.98 Å². The molecular formula is C15H22ClN3O. The van der Waals surface area contributed by atoms with E-state index in [-0.39, 0.29) is 11.9 Å². The molecule has 0 aromatic carbocycles. The maximum atomic E-state index is 12.7. The molecule has 3 atom stereocenters. The van der Waals surface area contributed by atoms with Gasteiger partial charge >= 0.3 is 0 Å². The summed E-state index contributed by atoms with van der Waals surface area (Å²) >= 11 is 5.98. The van der Waals surface area contributed by atoms with Crippen LogP contribution in [0.4, 0.5) is 5.82 Å². The zero-order chi connectivity index (χ0) is 14.9. The topological polar surface area (TPSA) is 45.2 Å². The second-order valence-electron chi connectivity index (χ2n) is 5.83. The first kappa shape index (κ1) is 15.1. The second-order valence-corrected chi connectivity index (χ2v) is 6.22. The number of likely N-dealkylation sites (tertiary alicyclic amines) is 1. The lowest BCUT2D eigenvalue weighted by molar-refractivity contribution is 0.0455. The van der Waals surface area contributed by atoms with Gasteiger partial charge in [0.1, 0.15) is 11.0 Å². The Hall–Kier alpha value is -1.29. The average Bonchev–Trinajstić information content (AvgIpc) is 2.41. The Bertz CT molecular complexity index is 506. The molecule has 2 heterocycles. The first-order valence-electron chi connectivity index (χ1n) is 7.08. The van der Waals surface area contributed by atoms with Crippen LogP contribution in [-0.4, -0.2) is 35.4 Å². The summed E-state index contributed by atoms with van der Waals surface area (Å²) in [7, 11) is 1.76. The van der Waals surface area contributed by atoms with Gasteiger partial charge in [-0.15, -0.1) is 0 Å². The Kier molecular flexibility index (Phi) is 4.53. The van der Waals surface area contributed by atoms with Crippen LogP contribution in [0.2, 0.25) is 5.15 Å². The lowest BCUT2D eigenvalue weighted by atomic mass is 9.85. The molecule has 2 rings (SSSR count). The summed E-state index contributed by atoms with van der Waals surface area (Å²) in [5.74, 6) is 1.71. The highest BCUT2D eigenvalue weighted by Gasteiger charge is 2.32. The highest BCUT2D eigenvalue weighted by molar-refractivity contribution is 6.29. The van der Waals surface area contributed by atoms with Crippen molar-refractivity contribution < 1.29 is 4.79 Å². The normalized spacial score (nSPS) is 26.4. The number of anilines is 1. The van der Waals surface area contributed by atoms with Crippen LogP contribution in [0.25, 0.3) is 0 Å². The van der Waals surface area contributed by atoms with E-state index >= 15 is 0 Å². The minimum Gasteiger partial charge on any atom is -0.373 e. The van der Waals surface area contributed by atoms with E-state index in [0.29, 0.717) is 28.4 Å². The lowest BCUT2D eigenvalue weighted by Gasteiger charge is -2.41. The number of pyridine rings is 1. The molecule has 3 unspecified atom stereocenters. The van der Waals surface area contributed by atoms with Gasteiger partial charge in [-0.2, -0.15) is 0 Å². The molecule has 4 nitrogen and oxygen atoms in total. The van der Waals surface area contributed by atoms with Crippen LogP contribution < -0.4 is 5.32 Å². The Balaban J connectivity index is 2.28. The van der Waals surface area contributed by atoms with Crippen molar-refractivity contribution in [3.8, 4) is 0 Å². The van der Waals surface area contributed by atoms with Crippen LogP contribution >= 0.6 is 11.6 Å². The van der Waals surface area contributed by atoms with E-state index < -0.39 is 0 Å². The van der Waals surface area contributed by atoms with Gasteiger partial charge in [0.25, 0.3) is 5.91 Å². The molecule has 110 valence electrons. The van der Waals surface area contributed by atoms with Gasteiger partial charge in [0.05, 0.1) is 0 Å².